The van der Waals surface area contributed by atoms with E-state index in [1.54, 1.807) is 6.92 Å². The molecule has 0 fully saturated rings. The highest BCUT2D eigenvalue weighted by atomic mass is 16.3. The Bertz CT molecular complexity index is 175. The third-order valence-electron chi connectivity index (χ3n) is 2.11. The Morgan fingerprint density at radius 3 is 2.50 bits per heavy atom. The highest BCUT2D eigenvalue weighted by molar-refractivity contribution is 5.94. The Labute approximate surface area is 72.7 Å². The second-order valence-corrected chi connectivity index (χ2v) is 2.98. The van der Waals surface area contributed by atoms with Crippen molar-refractivity contribution < 1.29 is 15.0 Å². The lowest BCUT2D eigenvalue weighted by Crippen LogP contribution is -2.38. The van der Waals surface area contributed by atoms with Crippen molar-refractivity contribution in [2.75, 3.05) is 6.61 Å². The summed E-state index contributed by atoms with van der Waals surface area (Å²) in [6, 6.07) is 0. The van der Waals surface area contributed by atoms with Crippen LogP contribution in [0, 0.1) is 12.3 Å². The molecule has 2 unspecified atom stereocenters. The zero-order valence-corrected chi connectivity index (χ0v) is 7.29. The lowest BCUT2D eigenvalue weighted by molar-refractivity contribution is -0.128. The first-order valence-corrected chi connectivity index (χ1v) is 3.78. The van der Waals surface area contributed by atoms with Crippen LogP contribution < -0.4 is 0 Å². The van der Waals surface area contributed by atoms with Gasteiger partial charge in [0, 0.05) is 6.61 Å². The van der Waals surface area contributed by atoms with Crippen LogP contribution in [0.3, 0.4) is 0 Å². The minimum absolute atomic E-state index is 0.150. The monoisotopic (exact) mass is 171 g/mol. The standard InChI is InChI=1S/C9H15O3/c1-4-8(12)9(3,5-6-10)7(2)11/h4,7,10-11H,1-2,5-6H2,3H3. The van der Waals surface area contributed by atoms with E-state index < -0.39 is 11.5 Å². The molecule has 1 radical (unpaired) electrons. The molecule has 0 aliphatic heterocycles. The molecule has 0 saturated heterocycles. The maximum absolute atomic E-state index is 11.2. The Balaban J connectivity index is 4.60. The third kappa shape index (κ3) is 2.16. The Morgan fingerprint density at radius 1 is 1.75 bits per heavy atom. The van der Waals surface area contributed by atoms with Gasteiger partial charge in [-0.3, -0.25) is 4.79 Å². The summed E-state index contributed by atoms with van der Waals surface area (Å²) in [6.07, 6.45) is 0.321. The van der Waals surface area contributed by atoms with Gasteiger partial charge in [0.25, 0.3) is 0 Å². The molecule has 0 aliphatic rings. The summed E-state index contributed by atoms with van der Waals surface area (Å²) in [5.74, 6) is -0.293. The predicted octanol–water partition coefficient (Wildman–Crippen LogP) is 0.325. The van der Waals surface area contributed by atoms with E-state index in [0.29, 0.717) is 0 Å². The molecule has 12 heavy (non-hydrogen) atoms. The highest BCUT2D eigenvalue weighted by Crippen LogP contribution is 2.27. The Kier molecular flexibility index (Phi) is 4.13. The van der Waals surface area contributed by atoms with Gasteiger partial charge in [-0.15, -0.1) is 0 Å². The lowest BCUT2D eigenvalue weighted by Gasteiger charge is -2.28. The van der Waals surface area contributed by atoms with Crippen LogP contribution in [0.2, 0.25) is 0 Å². The molecule has 0 spiro atoms. The van der Waals surface area contributed by atoms with Crippen LogP contribution >= 0.6 is 0 Å². The fraction of sp³-hybridized carbons (Fsp3) is 0.556. The van der Waals surface area contributed by atoms with E-state index in [-0.39, 0.29) is 18.8 Å². The predicted molar refractivity (Wildman–Crippen MR) is 46.4 cm³/mol. The van der Waals surface area contributed by atoms with Crippen LogP contribution in [0.1, 0.15) is 13.3 Å². The first-order valence-electron chi connectivity index (χ1n) is 3.78. The van der Waals surface area contributed by atoms with Gasteiger partial charge in [-0.25, -0.2) is 0 Å². The first kappa shape index (κ1) is 11.3. The van der Waals surface area contributed by atoms with Crippen LogP contribution in [0.15, 0.2) is 12.7 Å². The number of hydrogen-bond acceptors (Lipinski definition) is 3. The number of carbonyl (C=O) groups is 1. The van der Waals surface area contributed by atoms with Crippen molar-refractivity contribution in [2.24, 2.45) is 5.41 Å². The fourth-order valence-electron chi connectivity index (χ4n) is 0.919. The van der Waals surface area contributed by atoms with Crippen LogP contribution in [-0.2, 0) is 4.79 Å². The van der Waals surface area contributed by atoms with E-state index in [1.165, 1.54) is 0 Å². The number of aliphatic hydroxyl groups is 2. The summed E-state index contributed by atoms with van der Waals surface area (Å²) in [4.78, 5) is 11.2. The summed E-state index contributed by atoms with van der Waals surface area (Å²) in [5.41, 5.74) is -1.00. The molecular formula is C9H15O3. The molecule has 0 amide bonds. The van der Waals surface area contributed by atoms with Crippen molar-refractivity contribution in [3.63, 3.8) is 0 Å². The number of allylic oxidation sites excluding steroid dienone is 1. The van der Waals surface area contributed by atoms with Gasteiger partial charge in [-0.1, -0.05) is 6.58 Å². The molecule has 2 N–H and O–H groups in total. The summed E-state index contributed by atoms with van der Waals surface area (Å²) in [6.45, 7) is 8.11. The van der Waals surface area contributed by atoms with Crippen molar-refractivity contribution >= 4 is 5.78 Å². The number of carbonyl (C=O) groups excluding carboxylic acids is 1. The highest BCUT2D eigenvalue weighted by Gasteiger charge is 2.35. The van der Waals surface area contributed by atoms with E-state index >= 15 is 0 Å². The van der Waals surface area contributed by atoms with Gasteiger partial charge < -0.3 is 10.2 Å². The number of aliphatic hydroxyl groups excluding tert-OH is 2. The molecule has 0 aromatic carbocycles. The Hall–Kier alpha value is -0.670. The molecule has 0 aromatic rings. The molecule has 3 nitrogen and oxygen atoms in total. The average Bonchev–Trinajstić information content (AvgIpc) is 2.03. The molecule has 69 valence electrons. The van der Waals surface area contributed by atoms with Crippen LogP contribution in [0.25, 0.3) is 0 Å². The minimum Gasteiger partial charge on any atom is -0.396 e. The molecule has 0 aliphatic carbocycles. The van der Waals surface area contributed by atoms with E-state index in [4.69, 9.17) is 5.11 Å². The van der Waals surface area contributed by atoms with Gasteiger partial charge in [-0.05, 0) is 26.3 Å². The second kappa shape index (κ2) is 4.38. The summed E-state index contributed by atoms with van der Waals surface area (Å²) in [5, 5.41) is 17.9. The zero-order valence-electron chi connectivity index (χ0n) is 7.29. The van der Waals surface area contributed by atoms with Gasteiger partial charge in [0.1, 0.15) is 0 Å². The summed E-state index contributed by atoms with van der Waals surface area (Å²) < 4.78 is 0. The van der Waals surface area contributed by atoms with Gasteiger partial charge >= 0.3 is 0 Å². The van der Waals surface area contributed by atoms with Gasteiger partial charge in [0.05, 0.1) is 11.5 Å². The quantitative estimate of drug-likeness (QED) is 0.586. The molecule has 3 heteroatoms. The van der Waals surface area contributed by atoms with E-state index in [2.05, 4.69) is 13.5 Å². The van der Waals surface area contributed by atoms with Gasteiger partial charge in [0.2, 0.25) is 0 Å². The van der Waals surface area contributed by atoms with Crippen molar-refractivity contribution in [2.45, 2.75) is 19.4 Å². The topological polar surface area (TPSA) is 57.5 Å². The molecule has 2 atom stereocenters. The van der Waals surface area contributed by atoms with E-state index in [1.807, 2.05) is 0 Å². The van der Waals surface area contributed by atoms with Crippen molar-refractivity contribution in [1.29, 1.82) is 0 Å². The van der Waals surface area contributed by atoms with Gasteiger partial charge in [-0.2, -0.15) is 0 Å². The number of rotatable bonds is 5. The zero-order chi connectivity index (χ0) is 9.78. The largest absolute Gasteiger partial charge is 0.396 e. The second-order valence-electron chi connectivity index (χ2n) is 2.98. The maximum Gasteiger partial charge on any atom is 0.163 e. The SMILES string of the molecule is [CH2]C(O)C(C)(CCO)C(=O)C=C. The van der Waals surface area contributed by atoms with Crippen molar-refractivity contribution in [3.05, 3.63) is 19.6 Å². The average molecular weight is 171 g/mol. The van der Waals surface area contributed by atoms with Crippen LogP contribution in [0.4, 0.5) is 0 Å². The maximum atomic E-state index is 11.2. The number of hydrogen-bond donors (Lipinski definition) is 2. The summed E-state index contributed by atoms with van der Waals surface area (Å²) in [7, 11) is 0. The van der Waals surface area contributed by atoms with Crippen LogP contribution in [-0.4, -0.2) is 28.7 Å². The van der Waals surface area contributed by atoms with Crippen molar-refractivity contribution in [1.82, 2.24) is 0 Å². The Morgan fingerprint density at radius 2 is 2.25 bits per heavy atom. The lowest BCUT2D eigenvalue weighted by atomic mass is 9.78. The number of ketones is 1. The fourth-order valence-corrected chi connectivity index (χ4v) is 0.919. The smallest absolute Gasteiger partial charge is 0.163 e. The summed E-state index contributed by atoms with van der Waals surface area (Å²) >= 11 is 0. The molecule has 0 heterocycles. The van der Waals surface area contributed by atoms with Gasteiger partial charge in [0.15, 0.2) is 5.78 Å². The van der Waals surface area contributed by atoms with E-state index in [0.717, 1.165) is 6.08 Å². The van der Waals surface area contributed by atoms with Crippen molar-refractivity contribution in [3.8, 4) is 0 Å². The molecule has 0 bridgehead atoms. The first-order chi connectivity index (χ1) is 5.49. The minimum atomic E-state index is -1.02. The molecule has 0 aromatic heterocycles. The van der Waals surface area contributed by atoms with E-state index in [9.17, 15) is 9.90 Å². The molecule has 0 saturated carbocycles. The van der Waals surface area contributed by atoms with Crippen LogP contribution in [0.5, 0.6) is 0 Å². The molecule has 0 rings (SSSR count). The molecular weight excluding hydrogens is 156 g/mol. The normalized spacial score (nSPS) is 18.0. The third-order valence-corrected chi connectivity index (χ3v) is 2.11.